The maximum atomic E-state index is 8.71. The summed E-state index contributed by atoms with van der Waals surface area (Å²) in [5.41, 5.74) is 0. The molecule has 0 spiro atoms. The number of unbranched alkanes of at least 4 members (excludes halogenated alkanes) is 9. The van der Waals surface area contributed by atoms with Crippen molar-refractivity contribution in [3.05, 3.63) is 36.4 Å². The summed E-state index contributed by atoms with van der Waals surface area (Å²) < 4.78 is 30.5. The van der Waals surface area contributed by atoms with E-state index in [2.05, 4.69) is 0 Å². The lowest BCUT2D eigenvalue weighted by Crippen LogP contribution is -1.98. The predicted molar refractivity (Wildman–Crippen MR) is 135 cm³/mol. The summed E-state index contributed by atoms with van der Waals surface area (Å²) in [6.45, 7) is 1.13. The first-order chi connectivity index (χ1) is 18.7. The number of nitriles is 4. The van der Waals surface area contributed by atoms with Gasteiger partial charge in [0.1, 0.15) is 11.5 Å². The van der Waals surface area contributed by atoms with Gasteiger partial charge in [-0.25, -0.2) is 0 Å². The molecule has 10 nitrogen and oxygen atoms in total. The van der Waals surface area contributed by atoms with Crippen LogP contribution >= 0.6 is 0 Å². The Bertz CT molecular complexity index is 1070. The van der Waals surface area contributed by atoms with Crippen molar-refractivity contribution in [1.82, 2.24) is 0 Å². The van der Waals surface area contributed by atoms with E-state index in [0.717, 1.165) is 38.5 Å². The SMILES string of the molecule is N#COc1ccc(OCCCCCCCCCCCCOc2ccc(OC#N)c(OC#N)c2)cc1OC#N. The van der Waals surface area contributed by atoms with Crippen LogP contribution in [0.5, 0.6) is 34.5 Å². The summed E-state index contributed by atoms with van der Waals surface area (Å²) in [5, 5.41) is 34.7. The first-order valence-corrected chi connectivity index (χ1v) is 12.5. The number of nitrogens with zero attached hydrogens (tertiary/aromatic N) is 4. The molecule has 0 saturated carbocycles. The molecule has 0 aliphatic heterocycles. The normalized spacial score (nSPS) is 9.68. The van der Waals surface area contributed by atoms with Gasteiger partial charge < -0.3 is 28.4 Å². The van der Waals surface area contributed by atoms with Crippen molar-refractivity contribution in [2.45, 2.75) is 64.2 Å². The third-order valence-corrected chi connectivity index (χ3v) is 5.53. The molecule has 38 heavy (non-hydrogen) atoms. The van der Waals surface area contributed by atoms with Crippen LogP contribution < -0.4 is 28.4 Å². The highest BCUT2D eigenvalue weighted by atomic mass is 16.5. The Balaban J connectivity index is 1.46. The number of hydrogen-bond acceptors (Lipinski definition) is 10. The molecule has 10 heteroatoms. The zero-order valence-corrected chi connectivity index (χ0v) is 21.2. The van der Waals surface area contributed by atoms with Gasteiger partial charge >= 0.3 is 0 Å². The monoisotopic (exact) mass is 518 g/mol. The molecule has 0 radical (unpaired) electrons. The minimum atomic E-state index is 0.151. The number of benzene rings is 2. The second-order valence-corrected chi connectivity index (χ2v) is 8.22. The summed E-state index contributed by atoms with van der Waals surface area (Å²) >= 11 is 0. The predicted octanol–water partition coefficient (Wildman–Crippen LogP) is 6.48. The van der Waals surface area contributed by atoms with Crippen LogP contribution in [0.25, 0.3) is 0 Å². The molecule has 0 aliphatic carbocycles. The highest BCUT2D eigenvalue weighted by molar-refractivity contribution is 5.47. The van der Waals surface area contributed by atoms with Gasteiger partial charge in [0.2, 0.25) is 0 Å². The van der Waals surface area contributed by atoms with Crippen molar-refractivity contribution < 1.29 is 28.4 Å². The molecule has 2 aromatic carbocycles. The zero-order chi connectivity index (χ0) is 27.3. The average Bonchev–Trinajstić information content (AvgIpc) is 2.92. The van der Waals surface area contributed by atoms with Crippen LogP contribution in [0.4, 0.5) is 0 Å². The summed E-state index contributed by atoms with van der Waals surface area (Å²) in [5.74, 6) is 1.77. The van der Waals surface area contributed by atoms with Gasteiger partial charge in [-0.3, -0.25) is 0 Å². The van der Waals surface area contributed by atoms with Crippen LogP contribution in [0.15, 0.2) is 36.4 Å². The molecule has 2 rings (SSSR count). The minimum Gasteiger partial charge on any atom is -0.493 e. The van der Waals surface area contributed by atoms with E-state index in [1.165, 1.54) is 49.9 Å². The Hall–Kier alpha value is -4.80. The lowest BCUT2D eigenvalue weighted by molar-refractivity contribution is 0.301. The fourth-order valence-electron chi connectivity index (χ4n) is 3.68. The number of ether oxygens (including phenoxy) is 6. The van der Waals surface area contributed by atoms with Crippen LogP contribution in [0.1, 0.15) is 64.2 Å². The largest absolute Gasteiger partial charge is 0.493 e. The second kappa shape index (κ2) is 18.5. The molecule has 0 heterocycles. The molecule has 0 amide bonds. The summed E-state index contributed by atoms with van der Waals surface area (Å²) in [4.78, 5) is 0. The summed E-state index contributed by atoms with van der Waals surface area (Å²) in [6.07, 6.45) is 17.4. The van der Waals surface area contributed by atoms with E-state index in [0.29, 0.717) is 24.7 Å². The van der Waals surface area contributed by atoms with E-state index in [1.54, 1.807) is 37.2 Å². The lowest BCUT2D eigenvalue weighted by atomic mass is 10.1. The Morgan fingerprint density at radius 1 is 0.421 bits per heavy atom. The minimum absolute atomic E-state index is 0.151. The van der Waals surface area contributed by atoms with Crippen molar-refractivity contribution >= 4 is 0 Å². The molecule has 0 N–H and O–H groups in total. The lowest BCUT2D eigenvalue weighted by Gasteiger charge is -2.09. The van der Waals surface area contributed by atoms with E-state index >= 15 is 0 Å². The van der Waals surface area contributed by atoms with Crippen LogP contribution in [-0.4, -0.2) is 13.2 Å². The van der Waals surface area contributed by atoms with Crippen LogP contribution in [0.3, 0.4) is 0 Å². The second-order valence-electron chi connectivity index (χ2n) is 8.22. The maximum Gasteiger partial charge on any atom is 0.292 e. The third-order valence-electron chi connectivity index (χ3n) is 5.53. The molecule has 0 unspecified atom stereocenters. The van der Waals surface area contributed by atoms with Gasteiger partial charge in [-0.05, 0) is 37.1 Å². The van der Waals surface area contributed by atoms with Crippen molar-refractivity contribution in [3.63, 3.8) is 0 Å². The fourth-order valence-corrected chi connectivity index (χ4v) is 3.68. The van der Waals surface area contributed by atoms with Crippen molar-refractivity contribution in [2.24, 2.45) is 0 Å². The first-order valence-electron chi connectivity index (χ1n) is 12.5. The molecule has 0 aliphatic rings. The van der Waals surface area contributed by atoms with Gasteiger partial charge in [0.25, 0.3) is 25.0 Å². The molecule has 0 aromatic heterocycles. The van der Waals surface area contributed by atoms with E-state index in [9.17, 15) is 0 Å². The quantitative estimate of drug-likeness (QED) is 0.149. The standard InChI is InChI=1S/C28H30N4O6/c29-19-35-25-13-11-23(17-27(25)37-21-31)33-15-9-7-5-3-1-2-4-6-8-10-16-34-24-12-14-26(36-20-30)28(18-24)38-22-32/h11-14,17-18H,1-10,15-16H2. The first kappa shape index (κ1) is 29.4. The highest BCUT2D eigenvalue weighted by Gasteiger charge is 2.09. The molecule has 2 aromatic rings. The Labute approximate surface area is 223 Å². The fraction of sp³-hybridized carbons (Fsp3) is 0.429. The van der Waals surface area contributed by atoms with Crippen molar-refractivity contribution in [1.29, 1.82) is 21.0 Å². The Kier molecular flexibility index (Phi) is 14.3. The van der Waals surface area contributed by atoms with Gasteiger partial charge in [-0.1, -0.05) is 51.4 Å². The highest BCUT2D eigenvalue weighted by Crippen LogP contribution is 2.32. The summed E-state index contributed by atoms with van der Waals surface area (Å²) in [6, 6.07) is 9.49. The van der Waals surface area contributed by atoms with E-state index in [4.69, 9.17) is 49.5 Å². The number of rotatable bonds is 19. The van der Waals surface area contributed by atoms with E-state index in [1.807, 2.05) is 0 Å². The Morgan fingerprint density at radius 3 is 1.08 bits per heavy atom. The van der Waals surface area contributed by atoms with Crippen molar-refractivity contribution in [2.75, 3.05) is 13.2 Å². The molecule has 198 valence electrons. The molecule has 0 atom stereocenters. The molecule has 0 fully saturated rings. The molecule has 0 bridgehead atoms. The van der Waals surface area contributed by atoms with Gasteiger partial charge in [0.05, 0.1) is 13.2 Å². The van der Waals surface area contributed by atoms with Crippen LogP contribution in [-0.2, 0) is 0 Å². The maximum absolute atomic E-state index is 8.71. The third kappa shape index (κ3) is 11.3. The van der Waals surface area contributed by atoms with Crippen LogP contribution in [0.2, 0.25) is 0 Å². The summed E-state index contributed by atoms with van der Waals surface area (Å²) in [7, 11) is 0. The van der Waals surface area contributed by atoms with Gasteiger partial charge in [-0.15, -0.1) is 21.0 Å². The van der Waals surface area contributed by atoms with Gasteiger partial charge in [-0.2, -0.15) is 0 Å². The topological polar surface area (TPSA) is 151 Å². The molecular formula is C28H30N4O6. The Morgan fingerprint density at radius 2 is 0.737 bits per heavy atom. The zero-order valence-electron chi connectivity index (χ0n) is 21.2. The van der Waals surface area contributed by atoms with Crippen molar-refractivity contribution in [3.8, 4) is 59.5 Å². The van der Waals surface area contributed by atoms with E-state index < -0.39 is 0 Å². The van der Waals surface area contributed by atoms with Gasteiger partial charge in [0.15, 0.2) is 23.0 Å². The molecule has 0 saturated heterocycles. The van der Waals surface area contributed by atoms with Crippen LogP contribution in [0, 0.1) is 46.1 Å². The smallest absolute Gasteiger partial charge is 0.292 e. The average molecular weight is 519 g/mol. The van der Waals surface area contributed by atoms with E-state index in [-0.39, 0.29) is 23.0 Å². The molecular weight excluding hydrogens is 488 g/mol. The number of hydrogen-bond donors (Lipinski definition) is 0. The van der Waals surface area contributed by atoms with Gasteiger partial charge in [0, 0.05) is 12.1 Å².